The summed E-state index contributed by atoms with van der Waals surface area (Å²) in [5, 5.41) is 2.98. The van der Waals surface area contributed by atoms with Crippen molar-refractivity contribution in [1.29, 1.82) is 0 Å². The molecule has 156 valence electrons. The second-order valence-corrected chi connectivity index (χ2v) is 9.03. The number of hydrogen-bond donors (Lipinski definition) is 1. The van der Waals surface area contributed by atoms with Crippen LogP contribution in [0.4, 0.5) is 0 Å². The van der Waals surface area contributed by atoms with Gasteiger partial charge < -0.3 is 14.8 Å². The molecule has 1 atom stereocenters. The normalized spacial score (nSPS) is 16.2. The number of benzene rings is 2. The molecule has 3 rings (SSSR count). The maximum Gasteiger partial charge on any atom is 0.243 e. The number of nitrogens with one attached hydrogen (secondary N) is 1. The Morgan fingerprint density at radius 3 is 2.59 bits per heavy atom. The zero-order valence-electron chi connectivity index (χ0n) is 16.8. The fraction of sp³-hybridized carbons (Fsp3) is 0.381. The van der Waals surface area contributed by atoms with E-state index in [0.717, 1.165) is 29.1 Å². The van der Waals surface area contributed by atoms with Crippen molar-refractivity contribution in [3.63, 3.8) is 0 Å². The Morgan fingerprint density at radius 2 is 1.86 bits per heavy atom. The van der Waals surface area contributed by atoms with Gasteiger partial charge in [-0.2, -0.15) is 4.31 Å². The summed E-state index contributed by atoms with van der Waals surface area (Å²) in [5.41, 5.74) is 2.34. The number of amides is 1. The van der Waals surface area contributed by atoms with E-state index in [2.05, 4.69) is 11.4 Å². The molecule has 0 radical (unpaired) electrons. The molecule has 7 nitrogen and oxygen atoms in total. The van der Waals surface area contributed by atoms with E-state index in [-0.39, 0.29) is 23.4 Å². The summed E-state index contributed by atoms with van der Waals surface area (Å²) >= 11 is 0. The molecule has 8 heteroatoms. The second-order valence-electron chi connectivity index (χ2n) is 6.99. The molecule has 1 aliphatic carbocycles. The van der Waals surface area contributed by atoms with E-state index in [0.29, 0.717) is 11.5 Å². The van der Waals surface area contributed by atoms with Gasteiger partial charge in [0.05, 0.1) is 31.7 Å². The van der Waals surface area contributed by atoms with Gasteiger partial charge in [0.15, 0.2) is 11.5 Å². The van der Waals surface area contributed by atoms with Gasteiger partial charge in [0.2, 0.25) is 15.9 Å². The maximum atomic E-state index is 12.9. The van der Waals surface area contributed by atoms with Gasteiger partial charge >= 0.3 is 0 Å². The first-order chi connectivity index (χ1) is 13.9. The third-order valence-electron chi connectivity index (χ3n) is 5.13. The zero-order valence-corrected chi connectivity index (χ0v) is 17.7. The Kier molecular flexibility index (Phi) is 6.44. The number of nitrogens with zero attached hydrogens (tertiary/aromatic N) is 1. The van der Waals surface area contributed by atoms with Crippen LogP contribution >= 0.6 is 0 Å². The van der Waals surface area contributed by atoms with Crippen LogP contribution in [-0.2, 0) is 21.2 Å². The number of fused-ring (bicyclic) bond motifs is 1. The molecule has 0 aromatic heterocycles. The van der Waals surface area contributed by atoms with Gasteiger partial charge in [-0.05, 0) is 42.5 Å². The van der Waals surface area contributed by atoms with E-state index in [4.69, 9.17) is 9.47 Å². The predicted octanol–water partition coefficient (Wildman–Crippen LogP) is 2.52. The highest BCUT2D eigenvalue weighted by Crippen LogP contribution is 2.31. The van der Waals surface area contributed by atoms with Gasteiger partial charge in [0, 0.05) is 13.1 Å². The first kappa shape index (κ1) is 21.1. The maximum absolute atomic E-state index is 12.9. The average molecular weight is 419 g/mol. The lowest BCUT2D eigenvalue weighted by Gasteiger charge is -2.27. The molecular weight excluding hydrogens is 392 g/mol. The second kappa shape index (κ2) is 8.84. The Morgan fingerprint density at radius 1 is 1.14 bits per heavy atom. The molecule has 2 aromatic rings. The topological polar surface area (TPSA) is 84.9 Å². The van der Waals surface area contributed by atoms with Gasteiger partial charge in [0.1, 0.15) is 0 Å². The fourth-order valence-corrected chi connectivity index (χ4v) is 4.73. The van der Waals surface area contributed by atoms with Crippen LogP contribution in [-0.4, -0.2) is 46.4 Å². The van der Waals surface area contributed by atoms with E-state index < -0.39 is 10.0 Å². The number of carbonyl (C=O) groups excluding carboxylic acids is 1. The van der Waals surface area contributed by atoms with Crippen LogP contribution in [0, 0.1) is 0 Å². The van der Waals surface area contributed by atoms with Crippen LogP contribution in [0.5, 0.6) is 11.5 Å². The first-order valence-corrected chi connectivity index (χ1v) is 10.9. The quantitative estimate of drug-likeness (QED) is 0.747. The van der Waals surface area contributed by atoms with Crippen LogP contribution in [0.1, 0.15) is 30.0 Å². The van der Waals surface area contributed by atoms with Crippen LogP contribution in [0.3, 0.4) is 0 Å². The smallest absolute Gasteiger partial charge is 0.243 e. The number of carbonyl (C=O) groups is 1. The first-order valence-electron chi connectivity index (χ1n) is 9.42. The summed E-state index contributed by atoms with van der Waals surface area (Å²) in [7, 11) is 0.449. The highest BCUT2D eigenvalue weighted by Gasteiger charge is 2.27. The van der Waals surface area contributed by atoms with Crippen molar-refractivity contribution < 1.29 is 22.7 Å². The van der Waals surface area contributed by atoms with Crippen molar-refractivity contribution in [2.24, 2.45) is 0 Å². The molecule has 0 saturated heterocycles. The lowest BCUT2D eigenvalue weighted by Crippen LogP contribution is -2.40. The van der Waals surface area contributed by atoms with E-state index in [9.17, 15) is 13.2 Å². The summed E-state index contributed by atoms with van der Waals surface area (Å²) in [6.45, 7) is -0.269. The molecule has 0 unspecified atom stereocenters. The number of rotatable bonds is 7. The molecule has 0 aliphatic heterocycles. The van der Waals surface area contributed by atoms with E-state index >= 15 is 0 Å². The molecule has 29 heavy (non-hydrogen) atoms. The van der Waals surface area contributed by atoms with Gasteiger partial charge in [-0.25, -0.2) is 8.42 Å². The van der Waals surface area contributed by atoms with Gasteiger partial charge in [-0.3, -0.25) is 4.79 Å². The SMILES string of the molecule is COc1ccc(S(=O)(=O)N(C)CC(=O)N[C@@H]2CCCc3ccccc32)cc1OC. The summed E-state index contributed by atoms with van der Waals surface area (Å²) < 4.78 is 37.1. The molecule has 1 N–H and O–H groups in total. The largest absolute Gasteiger partial charge is 0.493 e. The molecule has 0 bridgehead atoms. The number of ether oxygens (including phenoxy) is 2. The van der Waals surface area contributed by atoms with Crippen molar-refractivity contribution in [3.8, 4) is 11.5 Å². The fourth-order valence-electron chi connectivity index (χ4n) is 3.59. The van der Waals surface area contributed by atoms with Crippen LogP contribution in [0.25, 0.3) is 0 Å². The predicted molar refractivity (Wildman–Crippen MR) is 110 cm³/mol. The summed E-state index contributed by atoms with van der Waals surface area (Å²) in [5.74, 6) is 0.409. The zero-order chi connectivity index (χ0) is 21.0. The van der Waals surface area contributed by atoms with Crippen LogP contribution < -0.4 is 14.8 Å². The van der Waals surface area contributed by atoms with Crippen molar-refractivity contribution in [1.82, 2.24) is 9.62 Å². The van der Waals surface area contributed by atoms with Crippen molar-refractivity contribution in [2.75, 3.05) is 27.8 Å². The van der Waals surface area contributed by atoms with Crippen LogP contribution in [0.2, 0.25) is 0 Å². The molecule has 0 heterocycles. The van der Waals surface area contributed by atoms with Gasteiger partial charge in [-0.15, -0.1) is 0 Å². The van der Waals surface area contributed by atoms with E-state index in [1.54, 1.807) is 0 Å². The molecule has 0 fully saturated rings. The molecule has 0 saturated carbocycles. The standard InChI is InChI=1S/C21H26N2O5S/c1-23(29(25,26)16-11-12-19(27-2)20(13-16)28-3)14-21(24)22-18-10-6-8-15-7-4-5-9-17(15)18/h4-5,7,9,11-13,18H,6,8,10,14H2,1-3H3,(H,22,24)/t18-/m1/s1. The Bertz CT molecular complexity index is 990. The minimum absolute atomic E-state index is 0.0356. The number of likely N-dealkylation sites (N-methyl/N-ethyl adjacent to an activating group) is 1. The molecular formula is C21H26N2O5S. The monoisotopic (exact) mass is 418 g/mol. The molecule has 1 amide bonds. The number of sulfonamides is 1. The summed E-state index contributed by atoms with van der Waals surface area (Å²) in [4.78, 5) is 12.6. The van der Waals surface area contributed by atoms with Gasteiger partial charge in [0.25, 0.3) is 0 Å². The van der Waals surface area contributed by atoms with E-state index in [1.807, 2.05) is 18.2 Å². The number of methoxy groups -OCH3 is 2. The lowest BCUT2D eigenvalue weighted by atomic mass is 9.88. The third-order valence-corrected chi connectivity index (χ3v) is 6.93. The Labute approximate surface area is 171 Å². The Balaban J connectivity index is 1.71. The van der Waals surface area contributed by atoms with Crippen molar-refractivity contribution >= 4 is 15.9 Å². The number of hydrogen-bond acceptors (Lipinski definition) is 5. The van der Waals surface area contributed by atoms with Crippen molar-refractivity contribution in [2.45, 2.75) is 30.2 Å². The minimum atomic E-state index is -3.86. The van der Waals surface area contributed by atoms with Crippen molar-refractivity contribution in [3.05, 3.63) is 53.6 Å². The molecule has 2 aromatic carbocycles. The summed E-state index contributed by atoms with van der Waals surface area (Å²) in [6.07, 6.45) is 2.83. The Hall–Kier alpha value is -2.58. The van der Waals surface area contributed by atoms with Gasteiger partial charge in [-0.1, -0.05) is 24.3 Å². The molecule has 1 aliphatic rings. The average Bonchev–Trinajstić information content (AvgIpc) is 2.73. The number of aryl methyl sites for hydroxylation is 1. The molecule has 0 spiro atoms. The lowest BCUT2D eigenvalue weighted by molar-refractivity contribution is -0.122. The highest BCUT2D eigenvalue weighted by atomic mass is 32.2. The van der Waals surface area contributed by atoms with E-state index in [1.165, 1.54) is 45.0 Å². The third kappa shape index (κ3) is 4.54. The van der Waals surface area contributed by atoms with Crippen LogP contribution in [0.15, 0.2) is 47.4 Å². The highest BCUT2D eigenvalue weighted by molar-refractivity contribution is 7.89. The summed E-state index contributed by atoms with van der Waals surface area (Å²) in [6, 6.07) is 12.3. The minimum Gasteiger partial charge on any atom is -0.493 e.